The second-order valence-electron chi connectivity index (χ2n) is 7.35. The summed E-state index contributed by atoms with van der Waals surface area (Å²) in [6.45, 7) is 0.409. The van der Waals surface area contributed by atoms with E-state index >= 15 is 0 Å². The molecule has 8 nitrogen and oxygen atoms in total. The third kappa shape index (κ3) is 4.08. The van der Waals surface area contributed by atoms with E-state index in [9.17, 15) is 9.59 Å². The Morgan fingerprint density at radius 1 is 1.06 bits per heavy atom. The first-order chi connectivity index (χ1) is 15.4. The summed E-state index contributed by atoms with van der Waals surface area (Å²) >= 11 is 3.44. The van der Waals surface area contributed by atoms with Crippen molar-refractivity contribution in [3.05, 3.63) is 58.7 Å². The SMILES string of the molecule is COc1ccc(CN2C(=O)CCN(c3cnc(-c4ccc(Br)cc4)n3C)C2=O)c(OC)c1. The lowest BCUT2D eigenvalue weighted by Gasteiger charge is -2.34. The van der Waals surface area contributed by atoms with Crippen molar-refractivity contribution in [2.24, 2.45) is 7.05 Å². The number of benzene rings is 2. The third-order valence-corrected chi connectivity index (χ3v) is 6.01. The Morgan fingerprint density at radius 2 is 1.81 bits per heavy atom. The Hall–Kier alpha value is -3.33. The van der Waals surface area contributed by atoms with Gasteiger partial charge in [0.1, 0.15) is 23.1 Å². The molecule has 0 unspecified atom stereocenters. The van der Waals surface area contributed by atoms with Gasteiger partial charge in [0.15, 0.2) is 0 Å². The normalized spacial score (nSPS) is 14.1. The third-order valence-electron chi connectivity index (χ3n) is 5.48. The summed E-state index contributed by atoms with van der Waals surface area (Å²) in [5.74, 6) is 2.34. The zero-order chi connectivity index (χ0) is 22.8. The maximum atomic E-state index is 13.3. The van der Waals surface area contributed by atoms with Crippen LogP contribution >= 0.6 is 15.9 Å². The number of methoxy groups -OCH3 is 2. The summed E-state index contributed by atoms with van der Waals surface area (Å²) in [4.78, 5) is 33.3. The zero-order valence-electron chi connectivity index (χ0n) is 18.0. The van der Waals surface area contributed by atoms with Gasteiger partial charge in [0.05, 0.1) is 27.0 Å². The largest absolute Gasteiger partial charge is 0.497 e. The van der Waals surface area contributed by atoms with Crippen molar-refractivity contribution in [2.45, 2.75) is 13.0 Å². The molecule has 1 fully saturated rings. The molecule has 3 amide bonds. The Labute approximate surface area is 194 Å². The predicted octanol–water partition coefficient (Wildman–Crippen LogP) is 4.23. The molecule has 0 aliphatic carbocycles. The molecule has 0 saturated carbocycles. The minimum atomic E-state index is -0.385. The van der Waals surface area contributed by atoms with Crippen LogP contribution in [0.3, 0.4) is 0 Å². The second-order valence-corrected chi connectivity index (χ2v) is 8.26. The van der Waals surface area contributed by atoms with E-state index in [-0.39, 0.29) is 24.9 Å². The van der Waals surface area contributed by atoms with Crippen molar-refractivity contribution in [1.29, 1.82) is 0 Å². The molecule has 0 atom stereocenters. The number of imidazole rings is 1. The number of halogens is 1. The van der Waals surface area contributed by atoms with Crippen LogP contribution in [-0.2, 0) is 18.4 Å². The number of rotatable bonds is 6. The molecule has 32 heavy (non-hydrogen) atoms. The maximum absolute atomic E-state index is 13.3. The van der Waals surface area contributed by atoms with Gasteiger partial charge in [0, 0.05) is 41.7 Å². The molecule has 1 aliphatic rings. The molecule has 9 heteroatoms. The molecule has 1 aromatic heterocycles. The minimum absolute atomic E-state index is 0.110. The van der Waals surface area contributed by atoms with Crippen molar-refractivity contribution in [3.63, 3.8) is 0 Å². The smallest absolute Gasteiger partial charge is 0.332 e. The summed E-state index contributed by atoms with van der Waals surface area (Å²) in [6, 6.07) is 12.7. The van der Waals surface area contributed by atoms with Gasteiger partial charge < -0.3 is 14.0 Å². The molecule has 1 saturated heterocycles. The highest BCUT2D eigenvalue weighted by molar-refractivity contribution is 9.10. The Morgan fingerprint density at radius 3 is 2.50 bits per heavy atom. The van der Waals surface area contributed by atoms with E-state index < -0.39 is 0 Å². The molecule has 3 aromatic rings. The predicted molar refractivity (Wildman–Crippen MR) is 124 cm³/mol. The summed E-state index contributed by atoms with van der Waals surface area (Å²) in [6.07, 6.45) is 1.89. The van der Waals surface area contributed by atoms with Crippen molar-refractivity contribution >= 4 is 33.7 Å². The average Bonchev–Trinajstić information content (AvgIpc) is 3.18. The van der Waals surface area contributed by atoms with E-state index in [1.165, 1.54) is 4.90 Å². The summed E-state index contributed by atoms with van der Waals surface area (Å²) in [5.41, 5.74) is 1.65. The number of ether oxygens (including phenoxy) is 2. The van der Waals surface area contributed by atoms with Crippen molar-refractivity contribution in [1.82, 2.24) is 14.5 Å². The number of carbonyl (C=O) groups excluding carboxylic acids is 2. The molecule has 1 aliphatic heterocycles. The number of aromatic nitrogens is 2. The number of amides is 3. The van der Waals surface area contributed by atoms with E-state index in [1.807, 2.05) is 35.9 Å². The van der Waals surface area contributed by atoms with E-state index in [1.54, 1.807) is 43.5 Å². The van der Waals surface area contributed by atoms with Gasteiger partial charge in [-0.3, -0.25) is 14.6 Å². The zero-order valence-corrected chi connectivity index (χ0v) is 19.6. The Balaban J connectivity index is 1.61. The number of urea groups is 1. The fourth-order valence-electron chi connectivity index (χ4n) is 3.73. The highest BCUT2D eigenvalue weighted by Crippen LogP contribution is 2.30. The topological polar surface area (TPSA) is 76.9 Å². The van der Waals surface area contributed by atoms with Gasteiger partial charge in [-0.2, -0.15) is 0 Å². The first-order valence-electron chi connectivity index (χ1n) is 10.0. The molecule has 0 N–H and O–H groups in total. The monoisotopic (exact) mass is 498 g/mol. The molecule has 0 bridgehead atoms. The lowest BCUT2D eigenvalue weighted by atomic mass is 10.1. The van der Waals surface area contributed by atoms with Crippen LogP contribution in [0.1, 0.15) is 12.0 Å². The van der Waals surface area contributed by atoms with Gasteiger partial charge in [-0.15, -0.1) is 0 Å². The number of carbonyl (C=O) groups is 2. The van der Waals surface area contributed by atoms with Gasteiger partial charge in [-0.25, -0.2) is 9.78 Å². The van der Waals surface area contributed by atoms with Crippen LogP contribution in [0, 0.1) is 0 Å². The molecular weight excluding hydrogens is 476 g/mol. The van der Waals surface area contributed by atoms with Crippen molar-refractivity contribution in [2.75, 3.05) is 25.7 Å². The van der Waals surface area contributed by atoms with E-state index in [0.717, 1.165) is 21.4 Å². The fraction of sp³-hybridized carbons (Fsp3) is 0.261. The quantitative estimate of drug-likeness (QED) is 0.508. The molecule has 2 aromatic carbocycles. The highest BCUT2D eigenvalue weighted by atomic mass is 79.9. The van der Waals surface area contributed by atoms with Crippen molar-refractivity contribution < 1.29 is 19.1 Å². The molecule has 2 heterocycles. The van der Waals surface area contributed by atoms with Crippen LogP contribution in [0.4, 0.5) is 10.6 Å². The van der Waals surface area contributed by atoms with Crippen LogP contribution in [-0.4, -0.2) is 47.2 Å². The molecule has 0 spiro atoms. The van der Waals surface area contributed by atoms with Gasteiger partial charge >= 0.3 is 6.03 Å². The van der Waals surface area contributed by atoms with Gasteiger partial charge in [-0.05, 0) is 24.3 Å². The number of anilines is 1. The number of hydrogen-bond donors (Lipinski definition) is 0. The molecule has 166 valence electrons. The average molecular weight is 499 g/mol. The Bertz CT molecular complexity index is 1160. The number of hydrogen-bond acceptors (Lipinski definition) is 5. The van der Waals surface area contributed by atoms with Crippen LogP contribution in [0.15, 0.2) is 53.1 Å². The molecule has 4 rings (SSSR count). The second kappa shape index (κ2) is 9.04. The molecule has 0 radical (unpaired) electrons. The van der Waals surface area contributed by atoms with Crippen LogP contribution in [0.5, 0.6) is 11.5 Å². The van der Waals surface area contributed by atoms with Crippen LogP contribution in [0.2, 0.25) is 0 Å². The van der Waals surface area contributed by atoms with Gasteiger partial charge in [-0.1, -0.05) is 28.1 Å². The fourth-order valence-corrected chi connectivity index (χ4v) is 3.99. The summed E-state index contributed by atoms with van der Waals surface area (Å²) in [7, 11) is 4.98. The van der Waals surface area contributed by atoms with Crippen LogP contribution < -0.4 is 14.4 Å². The van der Waals surface area contributed by atoms with E-state index in [4.69, 9.17) is 9.47 Å². The minimum Gasteiger partial charge on any atom is -0.497 e. The summed E-state index contributed by atoms with van der Waals surface area (Å²) < 4.78 is 13.5. The number of nitrogens with zero attached hydrogens (tertiary/aromatic N) is 4. The highest BCUT2D eigenvalue weighted by Gasteiger charge is 2.35. The first kappa shape index (κ1) is 21.9. The van der Waals surface area contributed by atoms with Gasteiger partial charge in [0.25, 0.3) is 0 Å². The standard InChI is InChI=1S/C23H23BrN4O4/c1-26-20(13-25-22(26)15-4-7-17(24)8-5-15)27-11-10-21(29)28(23(27)30)14-16-6-9-18(31-2)12-19(16)32-3/h4-9,12-13H,10-11,14H2,1-3H3. The molecular formula is C23H23BrN4O4. The Kier molecular flexibility index (Phi) is 6.18. The van der Waals surface area contributed by atoms with Crippen LogP contribution in [0.25, 0.3) is 11.4 Å². The van der Waals surface area contributed by atoms with E-state index in [0.29, 0.717) is 23.9 Å². The first-order valence-corrected chi connectivity index (χ1v) is 10.8. The summed E-state index contributed by atoms with van der Waals surface area (Å²) in [5, 5.41) is 0. The lowest BCUT2D eigenvalue weighted by molar-refractivity contribution is -0.129. The van der Waals surface area contributed by atoms with E-state index in [2.05, 4.69) is 20.9 Å². The lowest BCUT2D eigenvalue weighted by Crippen LogP contribution is -2.52. The number of imide groups is 1. The maximum Gasteiger partial charge on any atom is 0.332 e. The van der Waals surface area contributed by atoms with Crippen molar-refractivity contribution in [3.8, 4) is 22.9 Å². The van der Waals surface area contributed by atoms with Gasteiger partial charge in [0.2, 0.25) is 5.91 Å².